The van der Waals surface area contributed by atoms with E-state index in [1.54, 1.807) is 0 Å². The number of thiophene rings is 1. The maximum Gasteiger partial charge on any atom is 0.349 e. The SMILES string of the molecule is O=C(O)COc1c(C(=O)O)sc(-c2cccc(OCC3CCN(C(=O)NCc4ccccc4)CC3)c2)c1Br. The van der Waals surface area contributed by atoms with E-state index >= 15 is 0 Å². The van der Waals surface area contributed by atoms with Crippen LogP contribution in [0.1, 0.15) is 28.1 Å². The molecule has 0 unspecified atom stereocenters. The number of benzene rings is 2. The van der Waals surface area contributed by atoms with Crippen LogP contribution in [0.3, 0.4) is 0 Å². The zero-order valence-corrected chi connectivity index (χ0v) is 22.8. The number of carbonyl (C=O) groups excluding carboxylic acids is 1. The van der Waals surface area contributed by atoms with Crippen LogP contribution in [0.25, 0.3) is 10.4 Å². The number of hydrogen-bond donors (Lipinski definition) is 3. The molecular weight excluding hydrogens is 576 g/mol. The molecule has 3 aromatic rings. The summed E-state index contributed by atoms with van der Waals surface area (Å²) in [7, 11) is 0. The first-order valence-electron chi connectivity index (χ1n) is 12.0. The molecule has 1 fully saturated rings. The number of carboxylic acid groups (broad SMARTS) is 2. The molecule has 0 radical (unpaired) electrons. The fourth-order valence-corrected chi connectivity index (χ4v) is 6.00. The number of carbonyl (C=O) groups is 3. The van der Waals surface area contributed by atoms with E-state index in [4.69, 9.17) is 14.6 Å². The van der Waals surface area contributed by atoms with Crippen LogP contribution >= 0.6 is 27.3 Å². The lowest BCUT2D eigenvalue weighted by molar-refractivity contribution is -0.139. The molecule has 2 amide bonds. The van der Waals surface area contributed by atoms with E-state index in [0.717, 1.165) is 35.3 Å². The maximum absolute atomic E-state index is 12.5. The van der Waals surface area contributed by atoms with Gasteiger partial charge in [0.2, 0.25) is 0 Å². The van der Waals surface area contributed by atoms with Crippen molar-refractivity contribution in [3.05, 3.63) is 69.5 Å². The van der Waals surface area contributed by atoms with Crippen molar-refractivity contribution in [2.45, 2.75) is 19.4 Å². The molecular formula is C27H27BrN2O7S. The summed E-state index contributed by atoms with van der Waals surface area (Å²) in [5.74, 6) is -1.47. The largest absolute Gasteiger partial charge is 0.493 e. The van der Waals surface area contributed by atoms with Gasteiger partial charge in [0, 0.05) is 19.6 Å². The maximum atomic E-state index is 12.5. The van der Waals surface area contributed by atoms with Gasteiger partial charge < -0.3 is 29.9 Å². The molecule has 0 bridgehead atoms. The summed E-state index contributed by atoms with van der Waals surface area (Å²) >= 11 is 4.37. The number of rotatable bonds is 10. The second-order valence-electron chi connectivity index (χ2n) is 8.80. The van der Waals surface area contributed by atoms with E-state index in [1.165, 1.54) is 0 Å². The Balaban J connectivity index is 1.32. The van der Waals surface area contributed by atoms with Gasteiger partial charge in [0.1, 0.15) is 5.75 Å². The van der Waals surface area contributed by atoms with Crippen LogP contribution in [0.15, 0.2) is 59.1 Å². The van der Waals surface area contributed by atoms with Crippen molar-refractivity contribution in [2.24, 2.45) is 5.92 Å². The van der Waals surface area contributed by atoms with Crippen LogP contribution in [0.4, 0.5) is 4.79 Å². The van der Waals surface area contributed by atoms with E-state index in [-0.39, 0.29) is 16.7 Å². The van der Waals surface area contributed by atoms with E-state index in [1.807, 2.05) is 59.5 Å². The zero-order chi connectivity index (χ0) is 27.1. The molecule has 4 rings (SSSR count). The third kappa shape index (κ3) is 7.05. The zero-order valence-electron chi connectivity index (χ0n) is 20.4. The van der Waals surface area contributed by atoms with Crippen molar-refractivity contribution in [2.75, 3.05) is 26.3 Å². The first kappa shape index (κ1) is 27.5. The van der Waals surface area contributed by atoms with Crippen molar-refractivity contribution >= 4 is 45.2 Å². The number of aliphatic carboxylic acids is 1. The van der Waals surface area contributed by atoms with Crippen LogP contribution in [-0.2, 0) is 11.3 Å². The van der Waals surface area contributed by atoms with Gasteiger partial charge in [0.05, 0.1) is 16.0 Å². The first-order chi connectivity index (χ1) is 18.3. The summed E-state index contributed by atoms with van der Waals surface area (Å²) in [6, 6.07) is 17.0. The third-order valence-corrected chi connectivity index (χ3v) is 8.34. The predicted octanol–water partition coefficient (Wildman–Crippen LogP) is 5.34. The number of ether oxygens (including phenoxy) is 2. The summed E-state index contributed by atoms with van der Waals surface area (Å²) in [4.78, 5) is 37.4. The Kier molecular flexibility index (Phi) is 9.24. The number of carboxylic acids is 2. The minimum atomic E-state index is -1.20. The van der Waals surface area contributed by atoms with Crippen LogP contribution in [-0.4, -0.2) is 59.4 Å². The molecule has 11 heteroatoms. The Morgan fingerprint density at radius 1 is 1.03 bits per heavy atom. The average Bonchev–Trinajstić information content (AvgIpc) is 3.26. The number of halogens is 1. The second-order valence-corrected chi connectivity index (χ2v) is 10.6. The molecule has 1 aromatic heterocycles. The topological polar surface area (TPSA) is 125 Å². The highest BCUT2D eigenvalue weighted by Gasteiger charge is 2.25. The number of urea groups is 1. The Bertz CT molecular complexity index is 1290. The molecule has 0 aliphatic carbocycles. The summed E-state index contributed by atoms with van der Waals surface area (Å²) in [6.07, 6.45) is 1.67. The molecule has 1 saturated heterocycles. The number of nitrogens with one attached hydrogen (secondary N) is 1. The highest BCUT2D eigenvalue weighted by atomic mass is 79.9. The Hall–Kier alpha value is -3.57. The molecule has 0 atom stereocenters. The lowest BCUT2D eigenvalue weighted by atomic mass is 9.98. The monoisotopic (exact) mass is 602 g/mol. The highest BCUT2D eigenvalue weighted by Crippen LogP contribution is 2.46. The van der Waals surface area contributed by atoms with Gasteiger partial charge in [-0.1, -0.05) is 42.5 Å². The molecule has 2 aromatic carbocycles. The van der Waals surface area contributed by atoms with Crippen molar-refractivity contribution < 1.29 is 34.1 Å². The molecule has 2 heterocycles. The van der Waals surface area contributed by atoms with Crippen LogP contribution < -0.4 is 14.8 Å². The van der Waals surface area contributed by atoms with Gasteiger partial charge in [0.15, 0.2) is 17.2 Å². The number of nitrogens with zero attached hydrogens (tertiary/aromatic N) is 1. The minimum Gasteiger partial charge on any atom is -0.493 e. The van der Waals surface area contributed by atoms with E-state index in [9.17, 15) is 19.5 Å². The van der Waals surface area contributed by atoms with Gasteiger partial charge in [-0.3, -0.25) is 0 Å². The third-order valence-electron chi connectivity index (χ3n) is 6.11. The van der Waals surface area contributed by atoms with Gasteiger partial charge >= 0.3 is 18.0 Å². The number of likely N-dealkylation sites (tertiary alicyclic amines) is 1. The molecule has 3 N–H and O–H groups in total. The van der Waals surface area contributed by atoms with Crippen LogP contribution in [0.2, 0.25) is 0 Å². The molecule has 0 spiro atoms. The molecule has 9 nitrogen and oxygen atoms in total. The predicted molar refractivity (Wildman–Crippen MR) is 146 cm³/mol. The first-order valence-corrected chi connectivity index (χ1v) is 13.6. The molecule has 200 valence electrons. The Morgan fingerprint density at radius 2 is 1.76 bits per heavy atom. The van der Waals surface area contributed by atoms with Crippen molar-refractivity contribution in [1.29, 1.82) is 0 Å². The van der Waals surface area contributed by atoms with Gasteiger partial charge in [0.25, 0.3) is 0 Å². The summed E-state index contributed by atoms with van der Waals surface area (Å²) in [6.45, 7) is 1.68. The lowest BCUT2D eigenvalue weighted by Crippen LogP contribution is -2.44. The number of piperidine rings is 1. The fourth-order valence-electron chi connectivity index (χ4n) is 4.11. The smallest absolute Gasteiger partial charge is 0.349 e. The molecule has 0 saturated carbocycles. The average molecular weight is 603 g/mol. The number of amides is 2. The molecule has 38 heavy (non-hydrogen) atoms. The van der Waals surface area contributed by atoms with E-state index in [2.05, 4.69) is 21.2 Å². The summed E-state index contributed by atoms with van der Waals surface area (Å²) in [5, 5.41) is 21.4. The quantitative estimate of drug-likeness (QED) is 0.286. The van der Waals surface area contributed by atoms with Crippen molar-refractivity contribution in [3.8, 4) is 21.9 Å². The Morgan fingerprint density at radius 3 is 2.45 bits per heavy atom. The van der Waals surface area contributed by atoms with Crippen molar-refractivity contribution in [1.82, 2.24) is 10.2 Å². The Labute approximate surface area is 232 Å². The second kappa shape index (κ2) is 12.8. The van der Waals surface area contributed by atoms with Crippen LogP contribution in [0, 0.1) is 5.92 Å². The summed E-state index contributed by atoms with van der Waals surface area (Å²) < 4.78 is 11.7. The van der Waals surface area contributed by atoms with Crippen LogP contribution in [0.5, 0.6) is 11.5 Å². The van der Waals surface area contributed by atoms with Crippen molar-refractivity contribution in [3.63, 3.8) is 0 Å². The van der Waals surface area contributed by atoms with Gasteiger partial charge in [-0.25, -0.2) is 14.4 Å². The fraction of sp³-hybridized carbons (Fsp3) is 0.296. The normalized spacial score (nSPS) is 13.7. The molecule has 1 aliphatic heterocycles. The number of hydrogen-bond acceptors (Lipinski definition) is 6. The number of aromatic carboxylic acids is 1. The lowest BCUT2D eigenvalue weighted by Gasteiger charge is -2.32. The van der Waals surface area contributed by atoms with E-state index in [0.29, 0.717) is 47.3 Å². The summed E-state index contributed by atoms with van der Waals surface area (Å²) in [5.41, 5.74) is 1.78. The standard InChI is InChI=1S/C27H27BrN2O7S/c28-22-23(37-16-21(31)32)25(26(33)34)38-24(22)19-7-4-8-20(13-19)36-15-18-9-11-30(12-10-18)27(35)29-14-17-5-2-1-3-6-17/h1-8,13,18H,9-12,14-16H2,(H,29,35)(H,31,32)(H,33,34). The minimum absolute atomic E-state index is 0.00853. The van der Waals surface area contributed by atoms with Gasteiger partial charge in [-0.15, -0.1) is 11.3 Å². The van der Waals surface area contributed by atoms with Gasteiger partial charge in [-0.05, 0) is 57.9 Å². The highest BCUT2D eigenvalue weighted by molar-refractivity contribution is 9.10. The van der Waals surface area contributed by atoms with E-state index < -0.39 is 18.5 Å². The molecule has 1 aliphatic rings. The van der Waals surface area contributed by atoms with Gasteiger partial charge in [-0.2, -0.15) is 0 Å².